The molecule has 5 aliphatic rings. The molecule has 212 valence electrons. The van der Waals surface area contributed by atoms with Crippen molar-refractivity contribution in [2.45, 2.75) is 154 Å². The molecule has 0 amide bonds. The van der Waals surface area contributed by atoms with Crippen LogP contribution in [0.15, 0.2) is 12.3 Å². The molecule has 0 aromatic rings. The van der Waals surface area contributed by atoms with Crippen LogP contribution < -0.4 is 0 Å². The van der Waals surface area contributed by atoms with Gasteiger partial charge < -0.3 is 18.3 Å². The van der Waals surface area contributed by atoms with Crippen molar-refractivity contribution in [1.82, 2.24) is 0 Å². The SMILES string of the molecule is CC(C)(C)[Si](C)(C)O[C@H]1CC[C@H]2[C@@H]3C[C@@H](O[Si](C)(C)C(C)(C)C)[C@@]45C=CO[C@@H](C[C@]4(C)[C@H]3CC[C@]12C)O5. The van der Waals surface area contributed by atoms with E-state index in [1.165, 1.54) is 25.7 Å². The number of ether oxygens (including phenoxy) is 2. The van der Waals surface area contributed by atoms with Crippen LogP contribution in [0.5, 0.6) is 0 Å². The first-order valence-electron chi connectivity index (χ1n) is 15.1. The normalized spacial score (nSPS) is 45.7. The Bertz CT molecular complexity index is 932. The maximum absolute atomic E-state index is 7.36. The maximum Gasteiger partial charge on any atom is 0.200 e. The molecule has 2 aliphatic heterocycles. The average molecular weight is 549 g/mol. The highest BCUT2D eigenvalue weighted by molar-refractivity contribution is 6.74. The zero-order valence-corrected chi connectivity index (χ0v) is 28.0. The Kier molecular flexibility index (Phi) is 6.47. The Morgan fingerprint density at radius 2 is 1.41 bits per heavy atom. The molecule has 37 heavy (non-hydrogen) atoms. The fourth-order valence-corrected chi connectivity index (χ4v) is 11.4. The second-order valence-electron chi connectivity index (χ2n) is 16.9. The molecule has 1 saturated heterocycles. The third kappa shape index (κ3) is 4.04. The second-order valence-corrected chi connectivity index (χ2v) is 26.4. The van der Waals surface area contributed by atoms with Crippen molar-refractivity contribution in [2.24, 2.45) is 28.6 Å². The molecule has 0 aromatic heterocycles. The fourth-order valence-electron chi connectivity index (χ4n) is 8.60. The third-order valence-electron chi connectivity index (χ3n) is 13.0. The Labute approximate surface area is 229 Å². The van der Waals surface area contributed by atoms with E-state index in [9.17, 15) is 0 Å². The lowest BCUT2D eigenvalue weighted by Gasteiger charge is -2.63. The average Bonchev–Trinajstić information content (AvgIpc) is 3.17. The Morgan fingerprint density at radius 1 is 0.811 bits per heavy atom. The molecule has 0 N–H and O–H groups in total. The van der Waals surface area contributed by atoms with Gasteiger partial charge in [-0.2, -0.15) is 0 Å². The van der Waals surface area contributed by atoms with Crippen LogP contribution in [0.4, 0.5) is 0 Å². The van der Waals surface area contributed by atoms with E-state index < -0.39 is 16.6 Å². The standard InChI is InChI=1S/C31H56O4Si2/c1-27(2,3)36(9,10)34-24-14-13-22-21-19-25(35-37(11,12)28(4,5)6)31-17-18-32-26(33-31)20-30(31,8)23(21)15-16-29(22,24)7/h17-18,21-26H,13-16,19-20H2,1-12H3/t21-,22-,23-,24-,25+,26+,29-,30+,31-/m0/s1. The van der Waals surface area contributed by atoms with Gasteiger partial charge in [-0.05, 0) is 97.6 Å². The van der Waals surface area contributed by atoms with E-state index in [0.717, 1.165) is 12.8 Å². The highest BCUT2D eigenvalue weighted by atomic mass is 28.4. The summed E-state index contributed by atoms with van der Waals surface area (Å²) in [6.07, 6.45) is 11.7. The van der Waals surface area contributed by atoms with Crippen molar-refractivity contribution in [1.29, 1.82) is 0 Å². The molecule has 4 nitrogen and oxygen atoms in total. The molecule has 5 rings (SSSR count). The zero-order valence-electron chi connectivity index (χ0n) is 26.0. The molecule has 0 unspecified atom stereocenters. The van der Waals surface area contributed by atoms with Crippen molar-refractivity contribution in [2.75, 3.05) is 0 Å². The number of fused-ring (bicyclic) bond motifs is 5. The molecule has 1 spiro atoms. The number of hydrogen-bond acceptors (Lipinski definition) is 4. The van der Waals surface area contributed by atoms with Crippen LogP contribution in [0, 0.1) is 28.6 Å². The molecule has 0 aromatic carbocycles. The summed E-state index contributed by atoms with van der Waals surface area (Å²) in [7, 11) is -3.82. The minimum atomic E-state index is -2.00. The highest BCUT2D eigenvalue weighted by Crippen LogP contribution is 2.70. The lowest BCUT2D eigenvalue weighted by Crippen LogP contribution is -2.66. The molecular weight excluding hydrogens is 493 g/mol. The second kappa shape index (κ2) is 8.44. The molecule has 3 saturated carbocycles. The van der Waals surface area contributed by atoms with Gasteiger partial charge in [-0.25, -0.2) is 0 Å². The van der Waals surface area contributed by atoms with Crippen molar-refractivity contribution >= 4 is 16.6 Å². The minimum absolute atomic E-state index is 0.0420. The predicted octanol–water partition coefficient (Wildman–Crippen LogP) is 8.65. The van der Waals surface area contributed by atoms with E-state index in [0.29, 0.717) is 23.9 Å². The molecule has 4 fully saturated rings. The summed E-state index contributed by atoms with van der Waals surface area (Å²) in [5, 5.41) is 0.413. The predicted molar refractivity (Wildman–Crippen MR) is 156 cm³/mol. The Morgan fingerprint density at radius 3 is 2.00 bits per heavy atom. The van der Waals surface area contributed by atoms with Crippen LogP contribution in [0.1, 0.15) is 93.9 Å². The van der Waals surface area contributed by atoms with Gasteiger partial charge in [-0.15, -0.1) is 0 Å². The summed E-state index contributed by atoms with van der Waals surface area (Å²) in [5.74, 6) is 2.01. The first-order chi connectivity index (χ1) is 16.8. The largest absolute Gasteiger partial charge is 0.473 e. The van der Waals surface area contributed by atoms with Gasteiger partial charge in [0, 0.05) is 11.8 Å². The van der Waals surface area contributed by atoms with Gasteiger partial charge in [0.1, 0.15) is 5.60 Å². The van der Waals surface area contributed by atoms with E-state index in [1.54, 1.807) is 0 Å². The quantitative estimate of drug-likeness (QED) is 0.329. The van der Waals surface area contributed by atoms with Gasteiger partial charge in [0.25, 0.3) is 0 Å². The monoisotopic (exact) mass is 548 g/mol. The summed E-state index contributed by atoms with van der Waals surface area (Å²) >= 11 is 0. The van der Waals surface area contributed by atoms with Crippen LogP contribution >= 0.6 is 0 Å². The lowest BCUT2D eigenvalue weighted by molar-refractivity contribution is -0.227. The highest BCUT2D eigenvalue weighted by Gasteiger charge is 2.72. The smallest absolute Gasteiger partial charge is 0.200 e. The van der Waals surface area contributed by atoms with Crippen molar-refractivity contribution in [3.8, 4) is 0 Å². The zero-order chi connectivity index (χ0) is 27.4. The van der Waals surface area contributed by atoms with Crippen LogP contribution in [-0.2, 0) is 18.3 Å². The van der Waals surface area contributed by atoms with Crippen LogP contribution in [0.3, 0.4) is 0 Å². The molecule has 9 atom stereocenters. The van der Waals surface area contributed by atoms with E-state index in [-0.39, 0.29) is 38.9 Å². The first-order valence-corrected chi connectivity index (χ1v) is 21.0. The van der Waals surface area contributed by atoms with Crippen LogP contribution in [0.2, 0.25) is 36.3 Å². The van der Waals surface area contributed by atoms with Gasteiger partial charge in [-0.1, -0.05) is 55.4 Å². The molecule has 3 aliphatic carbocycles. The Balaban J connectivity index is 1.49. The number of hydrogen-bond donors (Lipinski definition) is 0. The first kappa shape index (κ1) is 28.4. The lowest BCUT2D eigenvalue weighted by atomic mass is 9.45. The molecule has 2 heterocycles. The van der Waals surface area contributed by atoms with Gasteiger partial charge in [-0.3, -0.25) is 0 Å². The molecule has 2 bridgehead atoms. The maximum atomic E-state index is 7.36. The summed E-state index contributed by atoms with van der Waals surface area (Å²) in [6, 6.07) is 0. The topological polar surface area (TPSA) is 36.9 Å². The van der Waals surface area contributed by atoms with Crippen molar-refractivity contribution < 1.29 is 18.3 Å². The summed E-state index contributed by atoms with van der Waals surface area (Å²) in [6.45, 7) is 29.0. The van der Waals surface area contributed by atoms with Crippen molar-refractivity contribution in [3.63, 3.8) is 0 Å². The van der Waals surface area contributed by atoms with Crippen molar-refractivity contribution in [3.05, 3.63) is 12.3 Å². The summed E-state index contributed by atoms with van der Waals surface area (Å²) in [4.78, 5) is 0. The van der Waals surface area contributed by atoms with Gasteiger partial charge in [0.15, 0.2) is 16.6 Å². The van der Waals surface area contributed by atoms with E-state index >= 15 is 0 Å². The fraction of sp³-hybridized carbons (Fsp3) is 0.935. The van der Waals surface area contributed by atoms with Gasteiger partial charge in [0.2, 0.25) is 6.29 Å². The van der Waals surface area contributed by atoms with E-state index in [4.69, 9.17) is 18.3 Å². The van der Waals surface area contributed by atoms with Crippen LogP contribution in [0.25, 0.3) is 0 Å². The summed E-state index contributed by atoms with van der Waals surface area (Å²) in [5.41, 5.74) is -0.0593. The van der Waals surface area contributed by atoms with E-state index in [1.807, 2.05) is 6.26 Å². The summed E-state index contributed by atoms with van der Waals surface area (Å²) < 4.78 is 27.4. The molecule has 0 radical (unpaired) electrons. The minimum Gasteiger partial charge on any atom is -0.473 e. The molecule has 6 heteroatoms. The third-order valence-corrected chi connectivity index (χ3v) is 21.9. The number of rotatable bonds is 4. The van der Waals surface area contributed by atoms with E-state index in [2.05, 4.69) is 87.7 Å². The van der Waals surface area contributed by atoms with Gasteiger partial charge >= 0.3 is 0 Å². The van der Waals surface area contributed by atoms with Gasteiger partial charge in [0.05, 0.1) is 18.5 Å². The van der Waals surface area contributed by atoms with Crippen LogP contribution in [-0.4, -0.2) is 40.7 Å². The molecular formula is C31H56O4Si2. The Hall–Kier alpha value is -0.146.